The highest BCUT2D eigenvalue weighted by Crippen LogP contribution is 2.04. The van der Waals surface area contributed by atoms with Crippen molar-refractivity contribution >= 4 is 36.2 Å². The molecule has 0 spiro atoms. The van der Waals surface area contributed by atoms with Crippen molar-refractivity contribution in [3.63, 3.8) is 0 Å². The van der Waals surface area contributed by atoms with Crippen molar-refractivity contribution in [1.82, 2.24) is 4.72 Å². The third kappa shape index (κ3) is 5.99. The van der Waals surface area contributed by atoms with E-state index in [1.165, 1.54) is 9.12 Å². The number of carbonyl (C=O) groups is 1. The Kier molecular flexibility index (Phi) is 6.31. The van der Waals surface area contributed by atoms with Gasteiger partial charge in [0.15, 0.2) is 0 Å². The molecule has 0 atom stereocenters. The molecule has 0 aliphatic carbocycles. The number of carbonyl (C=O) groups excluding carboxylic acids is 1. The summed E-state index contributed by atoms with van der Waals surface area (Å²) in [6.45, 7) is 0. The molecule has 0 aromatic heterocycles. The molecule has 50 valence electrons. The van der Waals surface area contributed by atoms with Gasteiger partial charge in [-0.3, -0.25) is 9.52 Å². The summed E-state index contributed by atoms with van der Waals surface area (Å²) in [5, 5.41) is 0. The van der Waals surface area contributed by atoms with Crippen LogP contribution in [-0.2, 0) is 4.79 Å². The molecular weight excluding hydrogens is 249 g/mol. The summed E-state index contributed by atoms with van der Waals surface area (Å²) >= 11 is 1.99. The molecule has 0 aliphatic heterocycles. The van der Waals surface area contributed by atoms with E-state index in [4.69, 9.17) is 6.42 Å². The standard InChI is InChI=1S/C5H6INOS/c1-2-3-4-5(8)7-9-6/h1H,3-4H2,(H,7,8). The van der Waals surface area contributed by atoms with Crippen molar-refractivity contribution in [2.45, 2.75) is 12.8 Å². The molecule has 9 heavy (non-hydrogen) atoms. The largest absolute Gasteiger partial charge is 0.291 e. The number of terminal acetylenes is 1. The maximum absolute atomic E-state index is 10.6. The molecule has 0 aliphatic rings. The lowest BCUT2D eigenvalue weighted by molar-refractivity contribution is -0.119. The molecule has 1 N–H and O–H groups in total. The van der Waals surface area contributed by atoms with Crippen molar-refractivity contribution in [2.24, 2.45) is 0 Å². The van der Waals surface area contributed by atoms with Gasteiger partial charge in [0.05, 0.1) is 0 Å². The number of hydrogen-bond donors (Lipinski definition) is 1. The van der Waals surface area contributed by atoms with Crippen LogP contribution in [-0.4, -0.2) is 5.91 Å². The van der Waals surface area contributed by atoms with Gasteiger partial charge in [0.2, 0.25) is 5.91 Å². The Morgan fingerprint density at radius 2 is 2.56 bits per heavy atom. The predicted molar refractivity (Wildman–Crippen MR) is 47.8 cm³/mol. The van der Waals surface area contributed by atoms with Crippen molar-refractivity contribution in [3.05, 3.63) is 0 Å². The molecule has 2 nitrogen and oxygen atoms in total. The zero-order valence-corrected chi connectivity index (χ0v) is 7.66. The van der Waals surface area contributed by atoms with Gasteiger partial charge in [0.25, 0.3) is 0 Å². The van der Waals surface area contributed by atoms with Crippen LogP contribution >= 0.6 is 30.3 Å². The molecule has 1 amide bonds. The minimum absolute atomic E-state index is 0.00708. The fraction of sp³-hybridized carbons (Fsp3) is 0.400. The third-order valence-corrected chi connectivity index (χ3v) is 1.61. The zero-order valence-electron chi connectivity index (χ0n) is 4.69. The maximum Gasteiger partial charge on any atom is 0.231 e. The molecule has 0 heterocycles. The second-order valence-corrected chi connectivity index (χ2v) is 2.99. The van der Waals surface area contributed by atoms with Gasteiger partial charge in [0.1, 0.15) is 0 Å². The van der Waals surface area contributed by atoms with Crippen LogP contribution in [0.4, 0.5) is 0 Å². The Bertz CT molecular complexity index is 131. The summed E-state index contributed by atoms with van der Waals surface area (Å²) in [6, 6.07) is 0. The molecular formula is C5H6INOS. The van der Waals surface area contributed by atoms with Crippen LogP contribution in [0.25, 0.3) is 0 Å². The van der Waals surface area contributed by atoms with Crippen LogP contribution in [0.2, 0.25) is 0 Å². The summed E-state index contributed by atoms with van der Waals surface area (Å²) in [4.78, 5) is 10.6. The number of hydrogen-bond acceptors (Lipinski definition) is 2. The van der Waals surface area contributed by atoms with E-state index in [-0.39, 0.29) is 5.91 Å². The SMILES string of the molecule is C#CCCC(=O)NSI. The molecule has 0 radical (unpaired) electrons. The van der Waals surface area contributed by atoms with Gasteiger partial charge in [-0.25, -0.2) is 0 Å². The van der Waals surface area contributed by atoms with E-state index in [1.807, 2.05) is 21.2 Å². The highest BCUT2D eigenvalue weighted by molar-refractivity contribution is 14.2. The lowest BCUT2D eigenvalue weighted by Crippen LogP contribution is -2.12. The first-order valence-electron chi connectivity index (χ1n) is 2.31. The lowest BCUT2D eigenvalue weighted by Gasteiger charge is -1.93. The summed E-state index contributed by atoms with van der Waals surface area (Å²) in [5.74, 6) is 2.38. The summed E-state index contributed by atoms with van der Waals surface area (Å²) in [5.41, 5.74) is 0. The Morgan fingerprint density at radius 3 is 3.00 bits per heavy atom. The smallest absolute Gasteiger partial charge is 0.231 e. The third-order valence-electron chi connectivity index (χ3n) is 0.649. The average Bonchev–Trinajstić information content (AvgIpc) is 1.85. The second-order valence-electron chi connectivity index (χ2n) is 1.31. The average molecular weight is 255 g/mol. The van der Waals surface area contributed by atoms with Gasteiger partial charge in [-0.15, -0.1) is 12.3 Å². The van der Waals surface area contributed by atoms with Crippen LogP contribution in [0, 0.1) is 12.3 Å². The van der Waals surface area contributed by atoms with E-state index in [2.05, 4.69) is 10.6 Å². The van der Waals surface area contributed by atoms with Crippen molar-refractivity contribution in [1.29, 1.82) is 0 Å². The van der Waals surface area contributed by atoms with Crippen molar-refractivity contribution in [3.8, 4) is 12.3 Å². The fourth-order valence-electron chi connectivity index (χ4n) is 0.280. The number of rotatable bonds is 3. The molecule has 0 rings (SSSR count). The van der Waals surface area contributed by atoms with Gasteiger partial charge in [-0.1, -0.05) is 0 Å². The Morgan fingerprint density at radius 1 is 1.89 bits per heavy atom. The Labute approximate surface area is 70.9 Å². The van der Waals surface area contributed by atoms with Crippen LogP contribution in [0.3, 0.4) is 0 Å². The molecule has 0 aromatic rings. The van der Waals surface area contributed by atoms with Crippen LogP contribution in [0.5, 0.6) is 0 Å². The first-order chi connectivity index (χ1) is 4.31. The molecule has 0 saturated heterocycles. The molecule has 0 aromatic carbocycles. The van der Waals surface area contributed by atoms with E-state index in [0.29, 0.717) is 12.8 Å². The van der Waals surface area contributed by atoms with E-state index in [9.17, 15) is 4.79 Å². The highest BCUT2D eigenvalue weighted by Gasteiger charge is 1.95. The number of amides is 1. The summed E-state index contributed by atoms with van der Waals surface area (Å²) < 4.78 is 2.55. The maximum atomic E-state index is 10.6. The van der Waals surface area contributed by atoms with Gasteiger partial charge in [-0.05, 0) is 0 Å². The lowest BCUT2D eigenvalue weighted by atomic mass is 10.3. The van der Waals surface area contributed by atoms with Crippen LogP contribution in [0.1, 0.15) is 12.8 Å². The number of halogens is 1. The highest BCUT2D eigenvalue weighted by atomic mass is 127. The Balaban J connectivity index is 3.19. The van der Waals surface area contributed by atoms with Gasteiger partial charge in [0, 0.05) is 43.2 Å². The minimum Gasteiger partial charge on any atom is -0.291 e. The summed E-state index contributed by atoms with van der Waals surface area (Å²) in [6.07, 6.45) is 5.87. The van der Waals surface area contributed by atoms with E-state index < -0.39 is 0 Å². The molecule has 0 fully saturated rings. The van der Waals surface area contributed by atoms with Gasteiger partial charge >= 0.3 is 0 Å². The summed E-state index contributed by atoms with van der Waals surface area (Å²) in [7, 11) is 1.26. The quantitative estimate of drug-likeness (QED) is 0.470. The predicted octanol–water partition coefficient (Wildman–Crippen LogP) is 1.51. The van der Waals surface area contributed by atoms with E-state index in [0.717, 1.165) is 0 Å². The van der Waals surface area contributed by atoms with Crippen molar-refractivity contribution < 1.29 is 4.79 Å². The first kappa shape index (κ1) is 9.11. The normalized spacial score (nSPS) is 8.00. The zero-order chi connectivity index (χ0) is 7.11. The van der Waals surface area contributed by atoms with E-state index >= 15 is 0 Å². The van der Waals surface area contributed by atoms with Gasteiger partial charge < -0.3 is 0 Å². The van der Waals surface area contributed by atoms with E-state index in [1.54, 1.807) is 0 Å². The number of nitrogens with one attached hydrogen (secondary N) is 1. The molecule has 0 unspecified atom stereocenters. The van der Waals surface area contributed by atoms with Crippen LogP contribution < -0.4 is 4.72 Å². The topological polar surface area (TPSA) is 29.1 Å². The first-order valence-corrected chi connectivity index (χ1v) is 5.67. The van der Waals surface area contributed by atoms with Crippen molar-refractivity contribution in [2.75, 3.05) is 0 Å². The monoisotopic (exact) mass is 255 g/mol. The fourth-order valence-corrected chi connectivity index (χ4v) is 1.20. The second kappa shape index (κ2) is 6.23. The Hall–Kier alpha value is 0.110. The molecule has 0 bridgehead atoms. The van der Waals surface area contributed by atoms with Crippen LogP contribution in [0.15, 0.2) is 0 Å². The minimum atomic E-state index is -0.00708. The molecule has 0 saturated carbocycles. The van der Waals surface area contributed by atoms with Gasteiger partial charge in [-0.2, -0.15) is 0 Å². The molecule has 4 heteroatoms.